The highest BCUT2D eigenvalue weighted by Gasteiger charge is 2.74. The number of piperidine rings is 1. The molecular formula is C20H22FNO3. The Morgan fingerprint density at radius 1 is 1.32 bits per heavy atom. The summed E-state index contributed by atoms with van der Waals surface area (Å²) in [6.45, 7) is 1.79. The summed E-state index contributed by atoms with van der Waals surface area (Å²) in [5, 5.41) is 10.3. The van der Waals surface area contributed by atoms with Gasteiger partial charge in [-0.2, -0.15) is 0 Å². The lowest BCUT2D eigenvalue weighted by molar-refractivity contribution is -0.161. The topological polar surface area (TPSA) is 49.8 Å². The van der Waals surface area contributed by atoms with Gasteiger partial charge >= 0.3 is 0 Å². The van der Waals surface area contributed by atoms with Crippen molar-refractivity contribution in [2.45, 2.75) is 61.8 Å². The number of nitrogens with zero attached hydrogens (tertiary/aromatic N) is 1. The van der Waals surface area contributed by atoms with E-state index < -0.39 is 17.2 Å². The fraction of sp³-hybridized carbons (Fsp3) is 0.650. The molecule has 2 aliphatic heterocycles. The number of alkyl halides is 1. The molecule has 1 spiro atoms. The summed E-state index contributed by atoms with van der Waals surface area (Å²) in [5.74, 6) is 1.12. The Labute approximate surface area is 146 Å². The minimum absolute atomic E-state index is 0.00822. The Hall–Kier alpha value is -1.62. The van der Waals surface area contributed by atoms with Gasteiger partial charge in [-0.3, -0.25) is 9.69 Å². The maximum Gasteiger partial charge on any atom is 0.174 e. The van der Waals surface area contributed by atoms with Gasteiger partial charge < -0.3 is 9.84 Å². The summed E-state index contributed by atoms with van der Waals surface area (Å²) in [6.07, 6.45) is 3.52. The van der Waals surface area contributed by atoms with E-state index in [-0.39, 0.29) is 30.4 Å². The third-order valence-corrected chi connectivity index (χ3v) is 7.49. The van der Waals surface area contributed by atoms with E-state index in [9.17, 15) is 9.90 Å². The van der Waals surface area contributed by atoms with E-state index in [0.717, 1.165) is 30.1 Å². The molecular weight excluding hydrogens is 321 g/mol. The number of rotatable bonds is 2. The lowest BCUT2D eigenvalue weighted by Crippen LogP contribution is -2.74. The average molecular weight is 343 g/mol. The molecule has 1 aromatic carbocycles. The second-order valence-electron chi connectivity index (χ2n) is 8.65. The number of Topliss-reactive ketones (excluding diaryl/α,β-unsaturated/α-hetero) is 1. The summed E-state index contributed by atoms with van der Waals surface area (Å²) in [7, 11) is 0. The number of ketones is 1. The highest BCUT2D eigenvalue weighted by molar-refractivity contribution is 5.90. The number of carbonyl (C=O) groups is 1. The second kappa shape index (κ2) is 4.37. The zero-order valence-electron chi connectivity index (χ0n) is 14.1. The lowest BCUT2D eigenvalue weighted by Gasteiger charge is -2.61. The van der Waals surface area contributed by atoms with Gasteiger partial charge in [-0.05, 0) is 56.2 Å². The molecule has 6 rings (SSSR count). The van der Waals surface area contributed by atoms with Crippen molar-refractivity contribution in [2.24, 2.45) is 5.92 Å². The molecule has 0 radical (unpaired) electrons. The summed E-state index contributed by atoms with van der Waals surface area (Å²) in [5.41, 5.74) is -0.474. The van der Waals surface area contributed by atoms with Gasteiger partial charge in [0.1, 0.15) is 5.67 Å². The van der Waals surface area contributed by atoms with Gasteiger partial charge in [-0.1, -0.05) is 6.07 Å². The van der Waals surface area contributed by atoms with Crippen LogP contribution in [0.4, 0.5) is 4.39 Å². The van der Waals surface area contributed by atoms with E-state index in [2.05, 4.69) is 4.90 Å². The van der Waals surface area contributed by atoms with Gasteiger partial charge in [0.2, 0.25) is 0 Å². The highest BCUT2D eigenvalue weighted by Crippen LogP contribution is 2.66. The standard InChI is InChI=1S/C20H22FNO3/c21-20-6-5-14(24)18-19(20)7-8-22(10-11-1-2-11)15(20)9-12-3-4-13(23)17(25-18)16(12)19/h3-4,11,15,18,23H,1-2,5-10H2/t15-,18?,19+,20?/m1/s1. The predicted molar refractivity (Wildman–Crippen MR) is 88.7 cm³/mol. The minimum atomic E-state index is -1.44. The number of carbonyl (C=O) groups excluding carboxylic acids is 1. The molecule has 4 atom stereocenters. The first-order chi connectivity index (χ1) is 12.0. The predicted octanol–water partition coefficient (Wildman–Crippen LogP) is 2.50. The van der Waals surface area contributed by atoms with Crippen molar-refractivity contribution in [3.63, 3.8) is 0 Å². The molecule has 132 valence electrons. The van der Waals surface area contributed by atoms with Crippen LogP contribution in [0.1, 0.15) is 43.2 Å². The Kier molecular flexibility index (Phi) is 2.54. The first-order valence-corrected chi connectivity index (χ1v) is 9.52. The number of hydrogen-bond acceptors (Lipinski definition) is 4. The Bertz CT molecular complexity index is 806. The van der Waals surface area contributed by atoms with Crippen LogP contribution in [0.5, 0.6) is 11.5 Å². The van der Waals surface area contributed by atoms with E-state index in [1.54, 1.807) is 6.07 Å². The molecule has 1 saturated heterocycles. The van der Waals surface area contributed by atoms with Crippen molar-refractivity contribution >= 4 is 5.78 Å². The number of phenolic OH excluding ortho intramolecular Hbond substituents is 1. The maximum atomic E-state index is 16.8. The van der Waals surface area contributed by atoms with Crippen LogP contribution < -0.4 is 4.74 Å². The number of halogens is 1. The molecule has 2 unspecified atom stereocenters. The maximum absolute atomic E-state index is 16.8. The van der Waals surface area contributed by atoms with E-state index in [1.807, 2.05) is 6.07 Å². The van der Waals surface area contributed by atoms with E-state index >= 15 is 4.39 Å². The zero-order chi connectivity index (χ0) is 17.0. The van der Waals surface area contributed by atoms with Crippen LogP contribution in [0, 0.1) is 5.92 Å². The molecule has 1 aromatic rings. The van der Waals surface area contributed by atoms with E-state index in [4.69, 9.17) is 4.74 Å². The van der Waals surface area contributed by atoms with Crippen LogP contribution in [-0.4, -0.2) is 46.7 Å². The number of phenols is 1. The molecule has 0 amide bonds. The molecule has 3 aliphatic carbocycles. The van der Waals surface area contributed by atoms with Crippen molar-refractivity contribution in [1.29, 1.82) is 0 Å². The lowest BCUT2D eigenvalue weighted by atomic mass is 9.50. The van der Waals surface area contributed by atoms with Gasteiger partial charge in [-0.15, -0.1) is 0 Å². The van der Waals surface area contributed by atoms with Crippen molar-refractivity contribution in [3.05, 3.63) is 23.3 Å². The van der Waals surface area contributed by atoms with Crippen LogP contribution in [0.2, 0.25) is 0 Å². The zero-order valence-corrected chi connectivity index (χ0v) is 14.1. The van der Waals surface area contributed by atoms with Crippen molar-refractivity contribution in [1.82, 2.24) is 4.90 Å². The first-order valence-electron chi connectivity index (χ1n) is 9.52. The minimum Gasteiger partial charge on any atom is -0.504 e. The van der Waals surface area contributed by atoms with Crippen LogP contribution in [0.15, 0.2) is 12.1 Å². The number of likely N-dealkylation sites (tertiary alicyclic amines) is 1. The molecule has 25 heavy (non-hydrogen) atoms. The molecule has 4 nitrogen and oxygen atoms in total. The Balaban J connectivity index is 1.58. The third-order valence-electron chi connectivity index (χ3n) is 7.49. The molecule has 2 bridgehead atoms. The van der Waals surface area contributed by atoms with Crippen LogP contribution in [0.25, 0.3) is 0 Å². The summed E-state index contributed by atoms with van der Waals surface area (Å²) >= 11 is 0. The van der Waals surface area contributed by atoms with Gasteiger partial charge in [0.15, 0.2) is 23.4 Å². The van der Waals surface area contributed by atoms with Crippen molar-refractivity contribution in [3.8, 4) is 11.5 Å². The van der Waals surface area contributed by atoms with Crippen molar-refractivity contribution < 1.29 is 19.0 Å². The molecule has 2 heterocycles. The Morgan fingerprint density at radius 2 is 2.16 bits per heavy atom. The Morgan fingerprint density at radius 3 is 2.96 bits per heavy atom. The van der Waals surface area contributed by atoms with E-state index in [1.165, 1.54) is 12.8 Å². The smallest absolute Gasteiger partial charge is 0.174 e. The monoisotopic (exact) mass is 343 g/mol. The van der Waals surface area contributed by atoms with Gasteiger partial charge in [0, 0.05) is 24.6 Å². The second-order valence-corrected chi connectivity index (χ2v) is 8.65. The largest absolute Gasteiger partial charge is 0.504 e. The molecule has 5 heteroatoms. The summed E-state index contributed by atoms with van der Waals surface area (Å²) in [4.78, 5) is 15.0. The number of hydrogen-bond donors (Lipinski definition) is 1. The first kappa shape index (κ1) is 14.5. The quantitative estimate of drug-likeness (QED) is 0.896. The number of ether oxygens (including phenoxy) is 1. The molecule has 1 N–H and O–H groups in total. The van der Waals surface area contributed by atoms with Gasteiger partial charge in [0.05, 0.1) is 5.41 Å². The molecule has 2 saturated carbocycles. The highest BCUT2D eigenvalue weighted by atomic mass is 19.1. The number of benzene rings is 1. The fourth-order valence-corrected chi connectivity index (χ4v) is 6.21. The number of aromatic hydroxyl groups is 1. The molecule has 5 aliphatic rings. The summed E-state index contributed by atoms with van der Waals surface area (Å²) in [6, 6.07) is 3.37. The third kappa shape index (κ3) is 1.55. The SMILES string of the molecule is O=C1CCC2(F)[C@H]3Cc4ccc(O)c5c4[C@@]2(CCN3CC2CC2)C1O5. The normalized spacial score (nSPS) is 41.4. The van der Waals surface area contributed by atoms with Crippen LogP contribution in [-0.2, 0) is 16.6 Å². The molecule has 3 fully saturated rings. The summed E-state index contributed by atoms with van der Waals surface area (Å²) < 4.78 is 22.7. The fourth-order valence-electron chi connectivity index (χ4n) is 6.21. The average Bonchev–Trinajstić information content (AvgIpc) is 3.32. The van der Waals surface area contributed by atoms with Crippen LogP contribution in [0.3, 0.4) is 0 Å². The van der Waals surface area contributed by atoms with Crippen molar-refractivity contribution in [2.75, 3.05) is 13.1 Å². The van der Waals surface area contributed by atoms with Gasteiger partial charge in [-0.25, -0.2) is 4.39 Å². The van der Waals surface area contributed by atoms with Crippen LogP contribution >= 0.6 is 0 Å². The molecule has 0 aromatic heterocycles. The van der Waals surface area contributed by atoms with E-state index in [0.29, 0.717) is 18.6 Å². The van der Waals surface area contributed by atoms with Gasteiger partial charge in [0.25, 0.3) is 0 Å².